The molecule has 0 radical (unpaired) electrons. The highest BCUT2D eigenvalue weighted by molar-refractivity contribution is 6.30. The van der Waals surface area contributed by atoms with Gasteiger partial charge in [0.2, 0.25) is 0 Å². The molecule has 0 aliphatic carbocycles. The average molecular weight is 335 g/mol. The Morgan fingerprint density at radius 3 is 2.65 bits per heavy atom. The second kappa shape index (κ2) is 6.58. The Morgan fingerprint density at radius 1 is 1.30 bits per heavy atom. The number of halogens is 1. The number of hydrogen-bond acceptors (Lipinski definition) is 5. The highest BCUT2D eigenvalue weighted by Gasteiger charge is 2.27. The fourth-order valence-electron chi connectivity index (χ4n) is 2.79. The smallest absolute Gasteiger partial charge is 0.259 e. The second-order valence-corrected chi connectivity index (χ2v) is 5.96. The Kier molecular flexibility index (Phi) is 4.52. The predicted molar refractivity (Wildman–Crippen MR) is 88.0 cm³/mol. The summed E-state index contributed by atoms with van der Waals surface area (Å²) in [4.78, 5) is 21.1. The fraction of sp³-hybridized carbons (Fsp3) is 0.438. The van der Waals surface area contributed by atoms with E-state index in [2.05, 4.69) is 15.0 Å². The quantitative estimate of drug-likeness (QED) is 0.863. The van der Waals surface area contributed by atoms with Gasteiger partial charge in [0.05, 0.1) is 10.7 Å². The fourth-order valence-corrected chi connectivity index (χ4v) is 2.90. The van der Waals surface area contributed by atoms with E-state index in [4.69, 9.17) is 16.1 Å². The number of hydrogen-bond donors (Lipinski definition) is 0. The van der Waals surface area contributed by atoms with Gasteiger partial charge in [-0.1, -0.05) is 23.7 Å². The van der Waals surface area contributed by atoms with Crippen molar-refractivity contribution in [2.45, 2.75) is 20.3 Å². The Balaban J connectivity index is 1.68. The van der Waals surface area contributed by atoms with Crippen molar-refractivity contribution in [3.05, 3.63) is 40.4 Å². The number of piperazine rings is 1. The van der Waals surface area contributed by atoms with E-state index in [0.717, 1.165) is 24.6 Å². The predicted octanol–water partition coefficient (Wildman–Crippen LogP) is 2.56. The summed E-state index contributed by atoms with van der Waals surface area (Å²) < 4.78 is 5.17. The number of amides is 1. The number of nitrogens with zero attached hydrogens (tertiary/aromatic N) is 4. The number of pyridine rings is 1. The van der Waals surface area contributed by atoms with Crippen LogP contribution in [0.2, 0.25) is 5.02 Å². The second-order valence-electron chi connectivity index (χ2n) is 5.53. The zero-order valence-corrected chi connectivity index (χ0v) is 14.0. The molecule has 6 nitrogen and oxygen atoms in total. The Bertz CT molecular complexity index is 691. The molecule has 0 bridgehead atoms. The third-order valence-electron chi connectivity index (χ3n) is 4.08. The van der Waals surface area contributed by atoms with Gasteiger partial charge in [-0.3, -0.25) is 4.79 Å². The molecule has 0 unspecified atom stereocenters. The first-order chi connectivity index (χ1) is 11.1. The summed E-state index contributed by atoms with van der Waals surface area (Å²) >= 11 is 5.87. The van der Waals surface area contributed by atoms with E-state index >= 15 is 0 Å². The van der Waals surface area contributed by atoms with Crippen molar-refractivity contribution in [1.82, 2.24) is 15.0 Å². The maximum Gasteiger partial charge on any atom is 0.259 e. The molecular weight excluding hydrogens is 316 g/mol. The normalized spacial score (nSPS) is 15.1. The van der Waals surface area contributed by atoms with Crippen LogP contribution in [0.1, 0.15) is 28.7 Å². The molecule has 0 N–H and O–H groups in total. The lowest BCUT2D eigenvalue weighted by molar-refractivity contribution is 0.0744. The maximum atomic E-state index is 12.7. The zero-order chi connectivity index (χ0) is 16.4. The van der Waals surface area contributed by atoms with Gasteiger partial charge >= 0.3 is 0 Å². The molecule has 7 heteroatoms. The van der Waals surface area contributed by atoms with Crippen molar-refractivity contribution in [1.29, 1.82) is 0 Å². The van der Waals surface area contributed by atoms with E-state index in [1.165, 1.54) is 0 Å². The van der Waals surface area contributed by atoms with Crippen LogP contribution >= 0.6 is 11.6 Å². The molecule has 3 heterocycles. The van der Waals surface area contributed by atoms with Crippen molar-refractivity contribution < 1.29 is 9.32 Å². The lowest BCUT2D eigenvalue weighted by Crippen LogP contribution is -2.49. The van der Waals surface area contributed by atoms with Crippen LogP contribution in [0.3, 0.4) is 0 Å². The average Bonchev–Trinajstić information content (AvgIpc) is 2.96. The highest BCUT2D eigenvalue weighted by atomic mass is 35.5. The van der Waals surface area contributed by atoms with Crippen LogP contribution < -0.4 is 4.90 Å². The van der Waals surface area contributed by atoms with Gasteiger partial charge in [0.1, 0.15) is 17.1 Å². The monoisotopic (exact) mass is 334 g/mol. The molecule has 3 rings (SSSR count). The van der Waals surface area contributed by atoms with Gasteiger partial charge < -0.3 is 14.3 Å². The summed E-state index contributed by atoms with van der Waals surface area (Å²) in [5, 5.41) is 4.59. The minimum absolute atomic E-state index is 0.00400. The number of carbonyl (C=O) groups is 1. The Labute approximate surface area is 140 Å². The zero-order valence-electron chi connectivity index (χ0n) is 13.3. The number of carbonyl (C=O) groups excluding carboxylic acids is 1. The molecule has 0 atom stereocenters. The topological polar surface area (TPSA) is 62.5 Å². The van der Waals surface area contributed by atoms with Gasteiger partial charge in [0.25, 0.3) is 5.91 Å². The lowest BCUT2D eigenvalue weighted by Gasteiger charge is -2.35. The van der Waals surface area contributed by atoms with E-state index < -0.39 is 0 Å². The standard InChI is InChI=1S/C16H19ClN4O2/c1-3-13-15(11(2)23-19-13)16(22)21-8-6-20(7-9-21)14-5-4-12(17)10-18-14/h4-5,10H,3,6-9H2,1-2H3. The van der Waals surface area contributed by atoms with E-state index in [1.54, 1.807) is 13.1 Å². The van der Waals surface area contributed by atoms with E-state index in [9.17, 15) is 4.79 Å². The van der Waals surface area contributed by atoms with Gasteiger partial charge in [-0.2, -0.15) is 0 Å². The summed E-state index contributed by atoms with van der Waals surface area (Å²) in [6.07, 6.45) is 2.33. The number of anilines is 1. The van der Waals surface area contributed by atoms with Crippen LogP contribution in [0.4, 0.5) is 5.82 Å². The first-order valence-corrected chi connectivity index (χ1v) is 8.09. The van der Waals surface area contributed by atoms with Crippen molar-refractivity contribution in [3.8, 4) is 0 Å². The van der Waals surface area contributed by atoms with E-state index in [0.29, 0.717) is 35.9 Å². The Morgan fingerprint density at radius 2 is 2.04 bits per heavy atom. The van der Waals surface area contributed by atoms with Gasteiger partial charge in [-0.05, 0) is 25.5 Å². The van der Waals surface area contributed by atoms with Crippen LogP contribution in [-0.4, -0.2) is 47.1 Å². The van der Waals surface area contributed by atoms with E-state index in [1.807, 2.05) is 24.0 Å². The molecule has 1 fully saturated rings. The van der Waals surface area contributed by atoms with Crippen LogP contribution in [0.25, 0.3) is 0 Å². The molecule has 0 aromatic carbocycles. The molecular formula is C16H19ClN4O2. The maximum absolute atomic E-state index is 12.7. The van der Waals surface area contributed by atoms with E-state index in [-0.39, 0.29) is 5.91 Å². The summed E-state index contributed by atoms with van der Waals surface area (Å²) in [7, 11) is 0. The molecule has 122 valence electrons. The van der Waals surface area contributed by atoms with Crippen LogP contribution in [0.15, 0.2) is 22.9 Å². The van der Waals surface area contributed by atoms with Gasteiger partial charge in [0, 0.05) is 32.4 Å². The molecule has 0 spiro atoms. The number of rotatable bonds is 3. The van der Waals surface area contributed by atoms with Crippen LogP contribution in [0, 0.1) is 6.92 Å². The molecule has 0 saturated carbocycles. The summed E-state index contributed by atoms with van der Waals surface area (Å²) in [6.45, 7) is 6.54. The first-order valence-electron chi connectivity index (χ1n) is 7.71. The van der Waals surface area contributed by atoms with Gasteiger partial charge in [-0.25, -0.2) is 4.98 Å². The molecule has 2 aromatic rings. The summed E-state index contributed by atoms with van der Waals surface area (Å²) in [5.74, 6) is 1.48. The van der Waals surface area contributed by atoms with Gasteiger partial charge in [-0.15, -0.1) is 0 Å². The SMILES string of the molecule is CCc1noc(C)c1C(=O)N1CCN(c2ccc(Cl)cn2)CC1. The third-order valence-corrected chi connectivity index (χ3v) is 4.31. The van der Waals surface area contributed by atoms with Crippen LogP contribution in [0.5, 0.6) is 0 Å². The summed E-state index contributed by atoms with van der Waals surface area (Å²) in [5.41, 5.74) is 1.35. The largest absolute Gasteiger partial charge is 0.361 e. The third kappa shape index (κ3) is 3.17. The van der Waals surface area contributed by atoms with Crippen molar-refractivity contribution in [2.75, 3.05) is 31.1 Å². The van der Waals surface area contributed by atoms with Gasteiger partial charge in [0.15, 0.2) is 0 Å². The van der Waals surface area contributed by atoms with Crippen molar-refractivity contribution >= 4 is 23.3 Å². The van der Waals surface area contributed by atoms with Crippen molar-refractivity contribution in [2.24, 2.45) is 0 Å². The number of aromatic nitrogens is 2. The minimum atomic E-state index is 0.00400. The first kappa shape index (κ1) is 15.8. The minimum Gasteiger partial charge on any atom is -0.361 e. The molecule has 1 aliphatic heterocycles. The summed E-state index contributed by atoms with van der Waals surface area (Å²) in [6, 6.07) is 3.73. The molecule has 1 saturated heterocycles. The highest BCUT2D eigenvalue weighted by Crippen LogP contribution is 2.20. The van der Waals surface area contributed by atoms with Crippen molar-refractivity contribution in [3.63, 3.8) is 0 Å². The molecule has 23 heavy (non-hydrogen) atoms. The Hall–Kier alpha value is -2.08. The molecule has 1 aliphatic rings. The molecule has 1 amide bonds. The lowest BCUT2D eigenvalue weighted by atomic mass is 10.1. The molecule has 2 aromatic heterocycles. The number of aryl methyl sites for hydroxylation is 2. The van der Waals surface area contributed by atoms with Crippen LogP contribution in [-0.2, 0) is 6.42 Å².